The maximum absolute atomic E-state index is 14.2. The van der Waals surface area contributed by atoms with Crippen LogP contribution in [0.1, 0.15) is 55.5 Å². The van der Waals surface area contributed by atoms with Crippen molar-refractivity contribution in [2.24, 2.45) is 5.73 Å². The number of aromatic nitrogens is 2. The Morgan fingerprint density at radius 2 is 1.70 bits per heavy atom. The smallest absolute Gasteiger partial charge is 0.255 e. The summed E-state index contributed by atoms with van der Waals surface area (Å²) in [6.45, 7) is 4.49. The minimum Gasteiger partial charge on any atom is -0.506 e. The van der Waals surface area contributed by atoms with E-state index in [9.17, 15) is 33.0 Å². The lowest BCUT2D eigenvalue weighted by Gasteiger charge is -2.16. The number of rotatable bonds is 15. The van der Waals surface area contributed by atoms with Gasteiger partial charge in [0.2, 0.25) is 15.4 Å². The summed E-state index contributed by atoms with van der Waals surface area (Å²) in [5.41, 5.74) is 10.8. The fourth-order valence-corrected chi connectivity index (χ4v) is 8.66. The number of nitrogens with two attached hydrogens (primary N) is 1. The Balaban J connectivity index is 1.02. The predicted octanol–water partition coefficient (Wildman–Crippen LogP) is 6.59. The minimum atomic E-state index is -4.18. The summed E-state index contributed by atoms with van der Waals surface area (Å²) in [4.78, 5) is 44.7. The third kappa shape index (κ3) is 9.09. The molecule has 0 aliphatic carbocycles. The Kier molecular flexibility index (Phi) is 12.2. The average Bonchev–Trinajstić information content (AvgIpc) is 3.24. The molecule has 0 spiro atoms. The van der Waals surface area contributed by atoms with Crippen molar-refractivity contribution < 1.29 is 33.0 Å². The number of carbonyl (C=O) groups excluding carboxylic acids is 2. The maximum Gasteiger partial charge on any atom is 0.255 e. The predicted molar refractivity (Wildman–Crippen MR) is 235 cm³/mol. The molecule has 0 unspecified atom stereocenters. The number of fused-ring (bicyclic) bond motifs is 2. The lowest BCUT2D eigenvalue weighted by Crippen LogP contribution is -2.23. The maximum atomic E-state index is 14.2. The Bertz CT molecular complexity index is 3010. The molecule has 15 heteroatoms. The van der Waals surface area contributed by atoms with Crippen LogP contribution in [0.2, 0.25) is 0 Å². The number of anilines is 3. The monoisotopic (exact) mass is 840 g/mol. The number of primary amides is 1. The van der Waals surface area contributed by atoms with E-state index in [1.807, 2.05) is 25.1 Å². The second-order valence-electron chi connectivity index (χ2n) is 14.6. The molecule has 2 amide bonds. The highest BCUT2D eigenvalue weighted by Gasteiger charge is 2.24. The molecule has 8 N–H and O–H groups in total. The van der Waals surface area contributed by atoms with Crippen LogP contribution in [0.3, 0.4) is 0 Å². The molecule has 2 heterocycles. The zero-order valence-corrected chi connectivity index (χ0v) is 34.4. The SMILES string of the molecule is COc1cccc(Nc2c(C(N)=O)cnc3c(C)cc(S(=O)(=O)c4cccc(C(=O)Nc5ccc(CCCNC[C@H](O)c6ccc(O)c7[nH]c(=O)ccc67)cc5C)c4)cc23)c1. The van der Waals surface area contributed by atoms with Crippen molar-refractivity contribution in [2.45, 2.75) is 42.6 Å². The summed E-state index contributed by atoms with van der Waals surface area (Å²) in [5.74, 6) is -0.738. The molecule has 0 radical (unpaired) electrons. The normalized spacial score (nSPS) is 12.0. The number of aromatic amines is 1. The number of aliphatic hydroxyl groups is 1. The standard InChI is InChI=1S/C46H44N6O8S/c1-26-19-28(7-6-18-48-25-40(54)34-13-16-39(53)44-35(34)14-17-41(55)52-44)12-15-38(26)51-46(57)29-8-4-11-32(21-29)61(58,59)33-20-27(2)42-36(23-33)43(37(24-49-42)45(47)56)50-30-9-5-10-31(22-30)60-3/h4-5,8-17,19-24,40,48,53-54H,6-7,18,25H2,1-3H3,(H2,47,56)(H,49,50)(H,51,57)(H,52,55)/t40-/m0/s1. The quantitative estimate of drug-likeness (QED) is 0.0545. The average molecular weight is 841 g/mol. The number of phenols is 1. The van der Waals surface area contributed by atoms with Gasteiger partial charge in [0.05, 0.1) is 45.3 Å². The molecule has 0 saturated carbocycles. The number of benzene rings is 5. The zero-order chi connectivity index (χ0) is 43.4. The van der Waals surface area contributed by atoms with Gasteiger partial charge in [0.15, 0.2) is 0 Å². The second-order valence-corrected chi connectivity index (χ2v) is 16.6. The summed E-state index contributed by atoms with van der Waals surface area (Å²) >= 11 is 0. The van der Waals surface area contributed by atoms with E-state index in [4.69, 9.17) is 10.5 Å². The number of pyridine rings is 2. The number of phenolic OH excluding ortho intramolecular Hbond substituents is 1. The fraction of sp³-hybridized carbons (Fsp3) is 0.174. The number of hydrogen-bond acceptors (Lipinski definition) is 11. The number of methoxy groups -OCH3 is 1. The molecule has 0 aliphatic heterocycles. The molecule has 0 saturated heterocycles. The molecule has 5 aromatic carbocycles. The van der Waals surface area contributed by atoms with Crippen molar-refractivity contribution in [3.8, 4) is 11.5 Å². The molecule has 2 aromatic heterocycles. The summed E-state index contributed by atoms with van der Waals surface area (Å²) in [7, 11) is -2.65. The number of ether oxygens (including phenoxy) is 1. The van der Waals surface area contributed by atoms with Crippen LogP contribution >= 0.6 is 0 Å². The summed E-state index contributed by atoms with van der Waals surface area (Å²) in [6.07, 6.45) is 1.99. The summed E-state index contributed by atoms with van der Waals surface area (Å²) < 4.78 is 33.7. The molecule has 14 nitrogen and oxygen atoms in total. The van der Waals surface area contributed by atoms with Gasteiger partial charge in [-0.2, -0.15) is 0 Å². The van der Waals surface area contributed by atoms with E-state index in [0.717, 1.165) is 24.0 Å². The van der Waals surface area contributed by atoms with Gasteiger partial charge in [-0.05, 0) is 116 Å². The third-order valence-corrected chi connectivity index (χ3v) is 12.1. The van der Waals surface area contributed by atoms with E-state index in [2.05, 4.69) is 25.9 Å². The first kappa shape index (κ1) is 42.1. The summed E-state index contributed by atoms with van der Waals surface area (Å²) in [5, 5.41) is 31.3. The number of aromatic hydroxyl groups is 1. The lowest BCUT2D eigenvalue weighted by atomic mass is 10.0. The fourth-order valence-electron chi connectivity index (χ4n) is 7.24. The number of aliphatic hydroxyl groups excluding tert-OH is 1. The molecule has 312 valence electrons. The lowest BCUT2D eigenvalue weighted by molar-refractivity contribution is 0.0998. The van der Waals surface area contributed by atoms with Crippen molar-refractivity contribution >= 4 is 60.5 Å². The van der Waals surface area contributed by atoms with Crippen LogP contribution in [0.15, 0.2) is 124 Å². The highest BCUT2D eigenvalue weighted by molar-refractivity contribution is 7.91. The van der Waals surface area contributed by atoms with Gasteiger partial charge in [-0.1, -0.05) is 30.3 Å². The van der Waals surface area contributed by atoms with Gasteiger partial charge >= 0.3 is 0 Å². The van der Waals surface area contributed by atoms with Crippen LogP contribution in [0.5, 0.6) is 11.5 Å². The van der Waals surface area contributed by atoms with Gasteiger partial charge in [0.1, 0.15) is 11.5 Å². The van der Waals surface area contributed by atoms with E-state index in [0.29, 0.717) is 51.1 Å². The number of carbonyl (C=O) groups is 2. The topological polar surface area (TPSA) is 226 Å². The molecule has 7 rings (SSSR count). The number of nitrogens with one attached hydrogen (secondary N) is 4. The molecular formula is C46H44N6O8S. The van der Waals surface area contributed by atoms with E-state index in [-0.39, 0.29) is 50.0 Å². The second kappa shape index (κ2) is 17.6. The highest BCUT2D eigenvalue weighted by Crippen LogP contribution is 2.35. The van der Waals surface area contributed by atoms with Gasteiger partial charge in [0.25, 0.3) is 11.8 Å². The number of hydrogen-bond donors (Lipinski definition) is 7. The van der Waals surface area contributed by atoms with Crippen LogP contribution in [0, 0.1) is 13.8 Å². The number of aryl methyl sites for hydroxylation is 3. The van der Waals surface area contributed by atoms with Crippen molar-refractivity contribution in [2.75, 3.05) is 30.8 Å². The van der Waals surface area contributed by atoms with Gasteiger partial charge < -0.3 is 41.6 Å². The van der Waals surface area contributed by atoms with Gasteiger partial charge in [-0.25, -0.2) is 8.42 Å². The molecule has 0 aliphatic rings. The van der Waals surface area contributed by atoms with Crippen molar-refractivity contribution in [1.29, 1.82) is 0 Å². The Labute approximate surface area is 351 Å². The van der Waals surface area contributed by atoms with Crippen LogP contribution in [0.25, 0.3) is 21.8 Å². The van der Waals surface area contributed by atoms with Crippen molar-refractivity contribution in [1.82, 2.24) is 15.3 Å². The number of amides is 2. The zero-order valence-electron chi connectivity index (χ0n) is 33.6. The first-order chi connectivity index (χ1) is 29.2. The van der Waals surface area contributed by atoms with Crippen molar-refractivity contribution in [3.63, 3.8) is 0 Å². The number of sulfone groups is 1. The molecule has 1 atom stereocenters. The van der Waals surface area contributed by atoms with Crippen LogP contribution < -0.4 is 32.0 Å². The molecule has 61 heavy (non-hydrogen) atoms. The van der Waals surface area contributed by atoms with Crippen LogP contribution in [-0.2, 0) is 16.3 Å². The molecular weight excluding hydrogens is 797 g/mol. The number of H-pyrrole nitrogens is 1. The Hall–Kier alpha value is -7.07. The molecule has 0 bridgehead atoms. The van der Waals surface area contributed by atoms with Crippen molar-refractivity contribution in [3.05, 3.63) is 153 Å². The van der Waals surface area contributed by atoms with Crippen LogP contribution in [-0.4, -0.2) is 60.6 Å². The first-order valence-corrected chi connectivity index (χ1v) is 20.9. The Morgan fingerprint density at radius 3 is 2.48 bits per heavy atom. The highest BCUT2D eigenvalue weighted by atomic mass is 32.2. The van der Waals surface area contributed by atoms with E-state index in [1.165, 1.54) is 61.8 Å². The van der Waals surface area contributed by atoms with E-state index < -0.39 is 27.8 Å². The van der Waals surface area contributed by atoms with Gasteiger partial charge in [-0.3, -0.25) is 19.4 Å². The third-order valence-electron chi connectivity index (χ3n) is 10.4. The van der Waals surface area contributed by atoms with E-state index in [1.54, 1.807) is 43.3 Å². The van der Waals surface area contributed by atoms with Gasteiger partial charge in [-0.15, -0.1) is 0 Å². The molecule has 7 aromatic rings. The minimum absolute atomic E-state index is 0.0606. The summed E-state index contributed by atoms with van der Waals surface area (Å²) in [6, 6.07) is 27.5. The van der Waals surface area contributed by atoms with Crippen LogP contribution in [0.4, 0.5) is 17.1 Å². The largest absolute Gasteiger partial charge is 0.506 e. The number of nitrogens with zero attached hydrogens (tertiary/aromatic N) is 1. The van der Waals surface area contributed by atoms with Gasteiger partial charge in [0, 0.05) is 52.6 Å². The molecule has 0 fully saturated rings. The van der Waals surface area contributed by atoms with E-state index >= 15 is 0 Å². The first-order valence-electron chi connectivity index (χ1n) is 19.4. The Morgan fingerprint density at radius 1 is 0.902 bits per heavy atom.